The van der Waals surface area contributed by atoms with Crippen molar-refractivity contribution in [1.29, 1.82) is 0 Å². The second-order valence-corrected chi connectivity index (χ2v) is 6.21. The lowest BCUT2D eigenvalue weighted by Crippen LogP contribution is -2.42. The monoisotopic (exact) mass is 251 g/mol. The molecule has 104 valence electrons. The molecule has 0 aromatic rings. The first-order valence-corrected chi connectivity index (χ1v) is 8.03. The van der Waals surface area contributed by atoms with E-state index in [1.54, 1.807) is 0 Å². The Kier molecular flexibility index (Phi) is 5.23. The zero-order chi connectivity index (χ0) is 13.0. The molecule has 1 saturated heterocycles. The maximum Gasteiger partial charge on any atom is 0.137 e. The predicted octanol–water partition coefficient (Wildman–Crippen LogP) is 3.65. The molecule has 1 aliphatic carbocycles. The first kappa shape index (κ1) is 14.0. The van der Waals surface area contributed by atoms with Gasteiger partial charge < -0.3 is 0 Å². The van der Waals surface area contributed by atoms with E-state index in [4.69, 9.17) is 0 Å². The molecule has 18 heavy (non-hydrogen) atoms. The van der Waals surface area contributed by atoms with Crippen molar-refractivity contribution in [2.75, 3.05) is 13.1 Å². The van der Waals surface area contributed by atoms with Crippen LogP contribution in [0.5, 0.6) is 0 Å². The van der Waals surface area contributed by atoms with Crippen LogP contribution in [0.25, 0.3) is 0 Å². The Morgan fingerprint density at radius 1 is 1.17 bits per heavy atom. The summed E-state index contributed by atoms with van der Waals surface area (Å²) in [5, 5.41) is 0. The predicted molar refractivity (Wildman–Crippen MR) is 75.6 cm³/mol. The van der Waals surface area contributed by atoms with E-state index >= 15 is 0 Å². The van der Waals surface area contributed by atoms with Crippen LogP contribution in [-0.4, -0.2) is 29.8 Å². The van der Waals surface area contributed by atoms with Crippen LogP contribution in [0.15, 0.2) is 0 Å². The minimum atomic E-state index is 0.371. The van der Waals surface area contributed by atoms with Crippen molar-refractivity contribution < 1.29 is 4.79 Å². The number of likely N-dealkylation sites (tertiary alicyclic amines) is 1. The normalized spacial score (nSPS) is 30.3. The average Bonchev–Trinajstić information content (AvgIpc) is 2.84. The number of Topliss-reactive ketones (excluding diaryl/α,β-unsaturated/α-hetero) is 1. The van der Waals surface area contributed by atoms with Crippen LogP contribution >= 0.6 is 0 Å². The lowest BCUT2D eigenvalue weighted by atomic mass is 9.81. The largest absolute Gasteiger partial charge is 0.299 e. The molecular weight excluding hydrogens is 222 g/mol. The van der Waals surface area contributed by atoms with Crippen molar-refractivity contribution in [2.24, 2.45) is 11.8 Å². The van der Waals surface area contributed by atoms with Crippen molar-refractivity contribution >= 4 is 5.78 Å². The van der Waals surface area contributed by atoms with E-state index in [0.29, 0.717) is 17.7 Å². The molecule has 2 fully saturated rings. The number of carbonyl (C=O) groups excluding carboxylic acids is 1. The summed E-state index contributed by atoms with van der Waals surface area (Å²) in [5.41, 5.74) is 0. The van der Waals surface area contributed by atoms with Gasteiger partial charge in [-0.2, -0.15) is 0 Å². The van der Waals surface area contributed by atoms with Crippen molar-refractivity contribution in [3.63, 3.8) is 0 Å². The van der Waals surface area contributed by atoms with Crippen molar-refractivity contribution in [3.8, 4) is 0 Å². The van der Waals surface area contributed by atoms with Crippen LogP contribution < -0.4 is 0 Å². The zero-order valence-corrected chi connectivity index (χ0v) is 12.2. The van der Waals surface area contributed by atoms with Crippen LogP contribution in [0.1, 0.15) is 65.2 Å². The molecule has 1 heterocycles. The van der Waals surface area contributed by atoms with Gasteiger partial charge >= 0.3 is 0 Å². The Hall–Kier alpha value is -0.370. The van der Waals surface area contributed by atoms with Gasteiger partial charge in [0.15, 0.2) is 0 Å². The lowest BCUT2D eigenvalue weighted by molar-refractivity contribution is -0.126. The molecule has 0 aromatic heterocycles. The molecule has 0 bridgehead atoms. The summed E-state index contributed by atoms with van der Waals surface area (Å²) < 4.78 is 0. The maximum atomic E-state index is 12.1. The minimum absolute atomic E-state index is 0.371. The minimum Gasteiger partial charge on any atom is -0.299 e. The fourth-order valence-electron chi connectivity index (χ4n) is 3.83. The molecule has 0 radical (unpaired) electrons. The number of ketones is 1. The third-order valence-corrected chi connectivity index (χ3v) is 5.13. The van der Waals surface area contributed by atoms with E-state index < -0.39 is 0 Å². The van der Waals surface area contributed by atoms with E-state index in [9.17, 15) is 4.79 Å². The van der Waals surface area contributed by atoms with Gasteiger partial charge in [0.05, 0.1) is 0 Å². The van der Waals surface area contributed by atoms with Crippen molar-refractivity contribution in [1.82, 2.24) is 4.90 Å². The molecule has 0 amide bonds. The molecule has 1 saturated carbocycles. The standard InChI is InChI=1S/C16H29NO/c1-3-13(4-2)12-17-11-7-9-15(17)14-8-5-6-10-16(14)18/h13-15H,3-12H2,1-2H3. The second kappa shape index (κ2) is 6.70. The third kappa shape index (κ3) is 3.14. The lowest BCUT2D eigenvalue weighted by Gasteiger charge is -2.34. The molecular formula is C16H29NO. The van der Waals surface area contributed by atoms with Crippen molar-refractivity contribution in [3.05, 3.63) is 0 Å². The quantitative estimate of drug-likeness (QED) is 0.743. The fourth-order valence-corrected chi connectivity index (χ4v) is 3.83. The van der Waals surface area contributed by atoms with Crippen LogP contribution in [0.2, 0.25) is 0 Å². The molecule has 0 aromatic carbocycles. The van der Waals surface area contributed by atoms with E-state index in [2.05, 4.69) is 18.7 Å². The summed E-state index contributed by atoms with van der Waals surface area (Å²) in [4.78, 5) is 14.8. The SMILES string of the molecule is CCC(CC)CN1CCCC1C1CCCCC1=O. The zero-order valence-electron chi connectivity index (χ0n) is 12.2. The molecule has 2 rings (SSSR count). The number of hydrogen-bond donors (Lipinski definition) is 0. The van der Waals surface area contributed by atoms with Gasteiger partial charge in [-0.3, -0.25) is 9.69 Å². The highest BCUT2D eigenvalue weighted by Crippen LogP contribution is 2.33. The van der Waals surface area contributed by atoms with Gasteiger partial charge in [-0.1, -0.05) is 33.1 Å². The van der Waals surface area contributed by atoms with Crippen LogP contribution in [0.3, 0.4) is 0 Å². The number of nitrogens with zero attached hydrogens (tertiary/aromatic N) is 1. The molecule has 2 unspecified atom stereocenters. The summed E-state index contributed by atoms with van der Waals surface area (Å²) in [6.07, 6.45) is 9.52. The van der Waals surface area contributed by atoms with Crippen LogP contribution in [0, 0.1) is 11.8 Å². The molecule has 1 aliphatic heterocycles. The highest BCUT2D eigenvalue weighted by atomic mass is 16.1. The molecule has 0 spiro atoms. The van der Waals surface area contributed by atoms with Gasteiger partial charge in [0, 0.05) is 24.9 Å². The highest BCUT2D eigenvalue weighted by molar-refractivity contribution is 5.82. The van der Waals surface area contributed by atoms with E-state index in [1.807, 2.05) is 0 Å². The van der Waals surface area contributed by atoms with Crippen LogP contribution in [-0.2, 0) is 4.79 Å². The summed E-state index contributed by atoms with van der Waals surface area (Å²) in [6.45, 7) is 7.04. The number of carbonyl (C=O) groups is 1. The summed E-state index contributed by atoms with van der Waals surface area (Å²) >= 11 is 0. The fraction of sp³-hybridized carbons (Fsp3) is 0.938. The summed E-state index contributed by atoms with van der Waals surface area (Å²) in [7, 11) is 0. The second-order valence-electron chi connectivity index (χ2n) is 6.21. The molecule has 2 atom stereocenters. The van der Waals surface area contributed by atoms with Gasteiger partial charge in [-0.25, -0.2) is 0 Å². The Bertz CT molecular complexity index is 272. The van der Waals surface area contributed by atoms with Crippen molar-refractivity contribution in [2.45, 2.75) is 71.3 Å². The van der Waals surface area contributed by atoms with Gasteiger partial charge in [-0.05, 0) is 38.1 Å². The Balaban J connectivity index is 1.95. The molecule has 2 aliphatic rings. The van der Waals surface area contributed by atoms with E-state index in [1.165, 1.54) is 45.2 Å². The van der Waals surface area contributed by atoms with Crippen LogP contribution in [0.4, 0.5) is 0 Å². The Labute approximate surface area is 112 Å². The molecule has 2 nitrogen and oxygen atoms in total. The third-order valence-electron chi connectivity index (χ3n) is 5.13. The smallest absolute Gasteiger partial charge is 0.137 e. The first-order chi connectivity index (χ1) is 8.76. The van der Waals surface area contributed by atoms with Gasteiger partial charge in [-0.15, -0.1) is 0 Å². The van der Waals surface area contributed by atoms with E-state index in [-0.39, 0.29) is 0 Å². The van der Waals surface area contributed by atoms with Gasteiger partial charge in [0.25, 0.3) is 0 Å². The maximum absolute atomic E-state index is 12.1. The van der Waals surface area contributed by atoms with E-state index in [0.717, 1.165) is 25.2 Å². The average molecular weight is 251 g/mol. The summed E-state index contributed by atoms with van der Waals surface area (Å²) in [6, 6.07) is 0.582. The Morgan fingerprint density at radius 2 is 1.94 bits per heavy atom. The number of hydrogen-bond acceptors (Lipinski definition) is 2. The highest BCUT2D eigenvalue weighted by Gasteiger charge is 2.36. The molecule has 0 N–H and O–H groups in total. The Morgan fingerprint density at radius 3 is 2.61 bits per heavy atom. The topological polar surface area (TPSA) is 20.3 Å². The first-order valence-electron chi connectivity index (χ1n) is 8.03. The molecule has 2 heteroatoms. The summed E-state index contributed by atoms with van der Waals surface area (Å²) in [5.74, 6) is 1.75. The number of rotatable bonds is 5. The van der Waals surface area contributed by atoms with Gasteiger partial charge in [0.1, 0.15) is 5.78 Å². The van der Waals surface area contributed by atoms with Gasteiger partial charge in [0.2, 0.25) is 0 Å².